The minimum Gasteiger partial charge on any atom is -0.416 e. The van der Waals surface area contributed by atoms with E-state index in [0.717, 1.165) is 0 Å². The molecule has 0 fully saturated rings. The molecule has 0 amide bonds. The van der Waals surface area contributed by atoms with Crippen LogP contribution in [0.2, 0.25) is 18.1 Å². The van der Waals surface area contributed by atoms with Crippen molar-refractivity contribution in [1.29, 1.82) is 0 Å². The standard InChI is InChI=1S/C13H30O3Si/c1-8-11(14)12(15)10(2)9-16-17(6,7)13(3,4)5/h10-12,14-15H,8-9H2,1-7H3/t10-,11+,12-/m0/s1. The molecule has 17 heavy (non-hydrogen) atoms. The summed E-state index contributed by atoms with van der Waals surface area (Å²) in [5.41, 5.74) is 0. The van der Waals surface area contributed by atoms with Crippen LogP contribution in [0.4, 0.5) is 0 Å². The Morgan fingerprint density at radius 3 is 2.00 bits per heavy atom. The first-order valence-corrected chi connectivity index (χ1v) is 9.44. The first-order valence-electron chi connectivity index (χ1n) is 6.53. The van der Waals surface area contributed by atoms with Gasteiger partial charge in [0, 0.05) is 12.5 Å². The summed E-state index contributed by atoms with van der Waals surface area (Å²) in [6.07, 6.45) is -0.760. The Hall–Kier alpha value is 0.0969. The SMILES string of the molecule is CC[C@@H](O)[C@@H](O)[C@@H](C)CO[Si](C)(C)C(C)(C)C. The minimum atomic E-state index is -1.75. The van der Waals surface area contributed by atoms with Crippen LogP contribution in [0.1, 0.15) is 41.0 Å². The van der Waals surface area contributed by atoms with Crippen molar-refractivity contribution >= 4 is 8.32 Å². The van der Waals surface area contributed by atoms with Crippen LogP contribution in [-0.2, 0) is 4.43 Å². The molecule has 0 spiro atoms. The quantitative estimate of drug-likeness (QED) is 0.724. The molecule has 0 aromatic heterocycles. The van der Waals surface area contributed by atoms with E-state index in [2.05, 4.69) is 33.9 Å². The summed E-state index contributed by atoms with van der Waals surface area (Å²) in [6, 6.07) is 0. The highest BCUT2D eigenvalue weighted by molar-refractivity contribution is 6.74. The molecular weight excluding hydrogens is 232 g/mol. The predicted octanol–water partition coefficient (Wildman–Crippen LogP) is 2.78. The van der Waals surface area contributed by atoms with E-state index in [0.29, 0.717) is 13.0 Å². The summed E-state index contributed by atoms with van der Waals surface area (Å²) in [7, 11) is -1.75. The van der Waals surface area contributed by atoms with Crippen LogP contribution in [0.5, 0.6) is 0 Å². The summed E-state index contributed by atoms with van der Waals surface area (Å²) < 4.78 is 6.04. The van der Waals surface area contributed by atoms with Gasteiger partial charge in [-0.25, -0.2) is 0 Å². The van der Waals surface area contributed by atoms with Crippen LogP contribution in [0.3, 0.4) is 0 Å². The van der Waals surface area contributed by atoms with Crippen molar-refractivity contribution in [3.05, 3.63) is 0 Å². The van der Waals surface area contributed by atoms with Crippen molar-refractivity contribution in [1.82, 2.24) is 0 Å². The van der Waals surface area contributed by atoms with Crippen LogP contribution < -0.4 is 0 Å². The highest BCUT2D eigenvalue weighted by atomic mass is 28.4. The van der Waals surface area contributed by atoms with Gasteiger partial charge < -0.3 is 14.6 Å². The molecule has 0 radical (unpaired) electrons. The van der Waals surface area contributed by atoms with Gasteiger partial charge in [0.25, 0.3) is 0 Å². The zero-order chi connectivity index (χ0) is 13.9. The van der Waals surface area contributed by atoms with Crippen molar-refractivity contribution in [2.75, 3.05) is 6.61 Å². The van der Waals surface area contributed by atoms with Gasteiger partial charge in [-0.2, -0.15) is 0 Å². The molecule has 104 valence electrons. The van der Waals surface area contributed by atoms with Crippen molar-refractivity contribution < 1.29 is 14.6 Å². The Morgan fingerprint density at radius 2 is 1.65 bits per heavy atom. The fourth-order valence-electron chi connectivity index (χ4n) is 1.28. The van der Waals surface area contributed by atoms with E-state index in [1.54, 1.807) is 0 Å². The number of aliphatic hydroxyl groups is 2. The topological polar surface area (TPSA) is 49.7 Å². The molecular formula is C13H30O3Si. The summed E-state index contributed by atoms with van der Waals surface area (Å²) in [5.74, 6) is -0.0286. The Balaban J connectivity index is 4.29. The first-order chi connectivity index (χ1) is 7.53. The Bertz CT molecular complexity index is 223. The molecule has 0 unspecified atom stereocenters. The molecule has 0 bridgehead atoms. The van der Waals surface area contributed by atoms with Gasteiger partial charge in [-0.05, 0) is 24.6 Å². The largest absolute Gasteiger partial charge is 0.416 e. The second kappa shape index (κ2) is 6.32. The molecule has 0 heterocycles. The van der Waals surface area contributed by atoms with E-state index in [9.17, 15) is 10.2 Å². The number of hydrogen-bond donors (Lipinski definition) is 2. The van der Waals surface area contributed by atoms with Crippen LogP contribution in [0, 0.1) is 5.92 Å². The molecule has 0 saturated carbocycles. The zero-order valence-corrected chi connectivity index (χ0v) is 13.4. The highest BCUT2D eigenvalue weighted by Gasteiger charge is 2.38. The van der Waals surface area contributed by atoms with Gasteiger partial charge in [-0.15, -0.1) is 0 Å². The van der Waals surface area contributed by atoms with Crippen molar-refractivity contribution in [3.63, 3.8) is 0 Å². The number of aliphatic hydroxyl groups excluding tert-OH is 2. The maximum Gasteiger partial charge on any atom is 0.191 e. The van der Waals surface area contributed by atoms with Crippen LogP contribution in [0.25, 0.3) is 0 Å². The summed E-state index contributed by atoms with van der Waals surface area (Å²) in [6.45, 7) is 15.3. The van der Waals surface area contributed by atoms with Gasteiger partial charge in [-0.3, -0.25) is 0 Å². The van der Waals surface area contributed by atoms with E-state index >= 15 is 0 Å². The predicted molar refractivity (Wildman–Crippen MR) is 74.6 cm³/mol. The van der Waals surface area contributed by atoms with Crippen LogP contribution >= 0.6 is 0 Å². The van der Waals surface area contributed by atoms with Gasteiger partial charge in [-0.1, -0.05) is 34.6 Å². The molecule has 0 aliphatic heterocycles. The molecule has 3 atom stereocenters. The molecule has 4 heteroatoms. The fourth-order valence-corrected chi connectivity index (χ4v) is 2.39. The second-order valence-corrected chi connectivity index (χ2v) is 11.3. The van der Waals surface area contributed by atoms with Gasteiger partial charge in [0.15, 0.2) is 8.32 Å². The smallest absolute Gasteiger partial charge is 0.191 e. The fraction of sp³-hybridized carbons (Fsp3) is 1.00. The van der Waals surface area contributed by atoms with Gasteiger partial charge in [0.1, 0.15) is 0 Å². The molecule has 0 aromatic rings. The van der Waals surface area contributed by atoms with E-state index in [-0.39, 0.29) is 11.0 Å². The lowest BCUT2D eigenvalue weighted by atomic mass is 9.99. The second-order valence-electron chi connectivity index (χ2n) is 6.51. The summed E-state index contributed by atoms with van der Waals surface area (Å²) in [4.78, 5) is 0. The molecule has 0 aliphatic rings. The third-order valence-corrected chi connectivity index (χ3v) is 8.41. The minimum absolute atomic E-state index is 0.0286. The normalized spacial score (nSPS) is 18.9. The summed E-state index contributed by atoms with van der Waals surface area (Å²) >= 11 is 0. The van der Waals surface area contributed by atoms with E-state index in [1.165, 1.54) is 0 Å². The molecule has 0 rings (SSSR count). The van der Waals surface area contributed by atoms with Crippen molar-refractivity contribution in [2.45, 2.75) is 71.4 Å². The Labute approximate surface area is 107 Å². The Kier molecular flexibility index (Phi) is 6.35. The van der Waals surface area contributed by atoms with E-state index in [1.807, 2.05) is 13.8 Å². The van der Waals surface area contributed by atoms with Crippen molar-refractivity contribution in [2.24, 2.45) is 5.92 Å². The maximum absolute atomic E-state index is 9.87. The average Bonchev–Trinajstić information content (AvgIpc) is 2.22. The highest BCUT2D eigenvalue weighted by Crippen LogP contribution is 2.36. The molecule has 0 aromatic carbocycles. The van der Waals surface area contributed by atoms with E-state index < -0.39 is 20.5 Å². The van der Waals surface area contributed by atoms with Crippen LogP contribution in [-0.4, -0.2) is 37.3 Å². The zero-order valence-electron chi connectivity index (χ0n) is 12.4. The Morgan fingerprint density at radius 1 is 1.18 bits per heavy atom. The van der Waals surface area contributed by atoms with E-state index in [4.69, 9.17) is 4.43 Å². The lowest BCUT2D eigenvalue weighted by Gasteiger charge is -2.37. The lowest BCUT2D eigenvalue weighted by molar-refractivity contribution is -0.0263. The summed E-state index contributed by atoms with van der Waals surface area (Å²) in [5, 5.41) is 19.6. The van der Waals surface area contributed by atoms with Crippen LogP contribution in [0.15, 0.2) is 0 Å². The molecule has 3 nitrogen and oxygen atoms in total. The third kappa shape index (κ3) is 5.08. The van der Waals surface area contributed by atoms with Gasteiger partial charge in [0.05, 0.1) is 12.2 Å². The van der Waals surface area contributed by atoms with Gasteiger partial charge >= 0.3 is 0 Å². The van der Waals surface area contributed by atoms with Crippen molar-refractivity contribution in [3.8, 4) is 0 Å². The average molecular weight is 262 g/mol. The lowest BCUT2D eigenvalue weighted by Crippen LogP contribution is -2.44. The molecule has 0 aliphatic carbocycles. The maximum atomic E-state index is 9.87. The monoisotopic (exact) mass is 262 g/mol. The third-order valence-electron chi connectivity index (χ3n) is 3.91. The molecule has 0 saturated heterocycles. The first kappa shape index (κ1) is 17.1. The molecule has 2 N–H and O–H groups in total. The number of rotatable bonds is 6. The number of hydrogen-bond acceptors (Lipinski definition) is 3. The van der Waals surface area contributed by atoms with Gasteiger partial charge in [0.2, 0.25) is 0 Å².